The lowest BCUT2D eigenvalue weighted by Gasteiger charge is -2.22. The first-order valence-electron chi connectivity index (χ1n) is 8.65. The lowest BCUT2D eigenvalue weighted by molar-refractivity contribution is 0.454. The number of hydrogen-bond acceptors (Lipinski definition) is 6. The number of anilines is 1. The first-order chi connectivity index (χ1) is 12.4. The van der Waals surface area contributed by atoms with Crippen LogP contribution in [0.4, 0.5) is 5.82 Å². The number of thiophene rings is 1. The van der Waals surface area contributed by atoms with E-state index in [4.69, 9.17) is 0 Å². The van der Waals surface area contributed by atoms with Gasteiger partial charge < -0.3 is 10.6 Å². The fourth-order valence-electron chi connectivity index (χ4n) is 3.09. The average molecular weight is 351 g/mol. The van der Waals surface area contributed by atoms with Crippen LogP contribution in [0.3, 0.4) is 0 Å². The zero-order chi connectivity index (χ0) is 16.9. The highest BCUT2D eigenvalue weighted by atomic mass is 32.1. The van der Waals surface area contributed by atoms with Crippen molar-refractivity contribution in [3.05, 3.63) is 59.5 Å². The smallest absolute Gasteiger partial charge is 0.129 e. The predicted molar refractivity (Wildman–Crippen MR) is 102 cm³/mol. The van der Waals surface area contributed by atoms with Crippen LogP contribution in [0.25, 0.3) is 10.6 Å². The van der Waals surface area contributed by atoms with Gasteiger partial charge in [-0.2, -0.15) is 0 Å². The Morgan fingerprint density at radius 2 is 2.16 bits per heavy atom. The lowest BCUT2D eigenvalue weighted by atomic mass is 9.96. The Bertz CT molecular complexity index is 811. The van der Waals surface area contributed by atoms with Crippen LogP contribution in [0.1, 0.15) is 29.3 Å². The summed E-state index contributed by atoms with van der Waals surface area (Å²) in [7, 11) is 0. The van der Waals surface area contributed by atoms with E-state index in [9.17, 15) is 0 Å². The van der Waals surface area contributed by atoms with Crippen molar-refractivity contribution in [1.82, 2.24) is 20.3 Å². The molecule has 0 unspecified atom stereocenters. The summed E-state index contributed by atoms with van der Waals surface area (Å²) in [5, 5.41) is 6.87. The van der Waals surface area contributed by atoms with E-state index in [1.54, 1.807) is 17.7 Å². The second-order valence-corrected chi connectivity index (χ2v) is 7.37. The van der Waals surface area contributed by atoms with Crippen LogP contribution in [0.2, 0.25) is 0 Å². The summed E-state index contributed by atoms with van der Waals surface area (Å²) in [5.41, 5.74) is 2.15. The molecule has 3 aromatic heterocycles. The molecule has 25 heavy (non-hydrogen) atoms. The van der Waals surface area contributed by atoms with Crippen molar-refractivity contribution in [2.24, 2.45) is 0 Å². The van der Waals surface area contributed by atoms with Gasteiger partial charge in [0.05, 0.1) is 22.8 Å². The minimum Gasteiger partial charge on any atom is -0.365 e. The summed E-state index contributed by atoms with van der Waals surface area (Å²) >= 11 is 1.76. The third-order valence-electron chi connectivity index (χ3n) is 4.43. The summed E-state index contributed by atoms with van der Waals surface area (Å²) < 4.78 is 0. The molecule has 0 aromatic carbocycles. The first-order valence-corrected chi connectivity index (χ1v) is 9.47. The Morgan fingerprint density at radius 3 is 3.00 bits per heavy atom. The maximum absolute atomic E-state index is 4.47. The Balaban J connectivity index is 1.41. The third-order valence-corrected chi connectivity index (χ3v) is 5.53. The standard InChI is InChI=1S/C19H21N5S/c1-2-9-21-16(5-1)18-7-6-15(25-18)12-22-19-10-17(23-13-24-19)14-4-3-8-20-11-14/h1-2,5-7,9-10,13-14,20H,3-4,8,11-12H2,(H,22,23,24)/t14-/m0/s1. The van der Waals surface area contributed by atoms with Gasteiger partial charge in [0.15, 0.2) is 0 Å². The highest BCUT2D eigenvalue weighted by molar-refractivity contribution is 7.15. The molecule has 0 radical (unpaired) electrons. The molecule has 1 aliphatic heterocycles. The van der Waals surface area contributed by atoms with Gasteiger partial charge >= 0.3 is 0 Å². The maximum Gasteiger partial charge on any atom is 0.129 e. The number of nitrogens with one attached hydrogen (secondary N) is 2. The van der Waals surface area contributed by atoms with Gasteiger partial charge in [0.25, 0.3) is 0 Å². The van der Waals surface area contributed by atoms with E-state index in [0.29, 0.717) is 5.92 Å². The van der Waals surface area contributed by atoms with Crippen molar-refractivity contribution in [3.63, 3.8) is 0 Å². The minimum absolute atomic E-state index is 0.495. The van der Waals surface area contributed by atoms with Crippen molar-refractivity contribution in [3.8, 4) is 10.6 Å². The van der Waals surface area contributed by atoms with Crippen molar-refractivity contribution >= 4 is 17.2 Å². The van der Waals surface area contributed by atoms with E-state index in [-0.39, 0.29) is 0 Å². The summed E-state index contributed by atoms with van der Waals surface area (Å²) in [6.45, 7) is 2.88. The zero-order valence-electron chi connectivity index (χ0n) is 14.0. The van der Waals surface area contributed by atoms with Gasteiger partial charge in [-0.3, -0.25) is 4.98 Å². The van der Waals surface area contributed by atoms with E-state index in [1.807, 2.05) is 24.4 Å². The Labute approximate surface area is 151 Å². The molecule has 0 bridgehead atoms. The van der Waals surface area contributed by atoms with Crippen molar-refractivity contribution < 1.29 is 0 Å². The molecule has 2 N–H and O–H groups in total. The van der Waals surface area contributed by atoms with Gasteiger partial charge in [-0.25, -0.2) is 9.97 Å². The predicted octanol–water partition coefficient (Wildman–Crippen LogP) is 3.68. The Hall–Kier alpha value is -2.31. The number of rotatable bonds is 5. The summed E-state index contributed by atoms with van der Waals surface area (Å²) in [6.07, 6.45) is 5.90. The number of piperidine rings is 1. The molecular weight excluding hydrogens is 330 g/mol. The minimum atomic E-state index is 0.495. The molecule has 0 amide bonds. The van der Waals surface area contributed by atoms with Crippen molar-refractivity contribution in [2.75, 3.05) is 18.4 Å². The molecule has 128 valence electrons. The van der Waals surface area contributed by atoms with Crippen LogP contribution in [0.5, 0.6) is 0 Å². The number of hydrogen-bond donors (Lipinski definition) is 2. The van der Waals surface area contributed by atoms with Crippen LogP contribution in [0.15, 0.2) is 48.9 Å². The molecule has 4 heterocycles. The molecule has 1 fully saturated rings. The quantitative estimate of drug-likeness (QED) is 0.734. The van der Waals surface area contributed by atoms with Crippen LogP contribution in [-0.2, 0) is 6.54 Å². The Kier molecular flexibility index (Phi) is 4.99. The van der Waals surface area contributed by atoms with E-state index < -0.39 is 0 Å². The van der Waals surface area contributed by atoms with E-state index in [1.165, 1.54) is 22.6 Å². The first kappa shape index (κ1) is 16.2. The second-order valence-electron chi connectivity index (χ2n) is 6.21. The van der Waals surface area contributed by atoms with Gasteiger partial charge in [-0.15, -0.1) is 11.3 Å². The molecule has 1 atom stereocenters. The summed E-state index contributed by atoms with van der Waals surface area (Å²) in [6, 6.07) is 12.4. The molecule has 6 heteroatoms. The molecule has 0 spiro atoms. The highest BCUT2D eigenvalue weighted by Crippen LogP contribution is 2.27. The monoisotopic (exact) mass is 351 g/mol. The maximum atomic E-state index is 4.47. The van der Waals surface area contributed by atoms with Gasteiger partial charge in [-0.05, 0) is 43.7 Å². The normalized spacial score (nSPS) is 17.4. The van der Waals surface area contributed by atoms with Crippen molar-refractivity contribution in [2.45, 2.75) is 25.3 Å². The summed E-state index contributed by atoms with van der Waals surface area (Å²) in [5.74, 6) is 1.39. The van der Waals surface area contributed by atoms with Crippen LogP contribution in [0, 0.1) is 0 Å². The molecule has 1 saturated heterocycles. The largest absolute Gasteiger partial charge is 0.365 e. The van der Waals surface area contributed by atoms with E-state index >= 15 is 0 Å². The SMILES string of the molecule is c1ccc(-c2ccc(CNc3cc([C@H]4CCCNC4)ncn3)s2)nc1. The van der Waals surface area contributed by atoms with Gasteiger partial charge in [0.1, 0.15) is 12.1 Å². The highest BCUT2D eigenvalue weighted by Gasteiger charge is 2.16. The van der Waals surface area contributed by atoms with Crippen molar-refractivity contribution in [1.29, 1.82) is 0 Å². The topological polar surface area (TPSA) is 62.7 Å². The molecular formula is C19H21N5S. The molecule has 0 aliphatic carbocycles. The van der Waals surface area contributed by atoms with Crippen LogP contribution >= 0.6 is 11.3 Å². The van der Waals surface area contributed by atoms with Crippen LogP contribution < -0.4 is 10.6 Å². The Morgan fingerprint density at radius 1 is 1.16 bits per heavy atom. The van der Waals surface area contributed by atoms with E-state index in [2.05, 4.69) is 43.8 Å². The average Bonchev–Trinajstić information content (AvgIpc) is 3.17. The van der Waals surface area contributed by atoms with Crippen LogP contribution in [-0.4, -0.2) is 28.0 Å². The van der Waals surface area contributed by atoms with E-state index in [0.717, 1.165) is 36.8 Å². The van der Waals surface area contributed by atoms with Gasteiger partial charge in [0.2, 0.25) is 0 Å². The molecule has 5 nitrogen and oxygen atoms in total. The molecule has 1 aliphatic rings. The fourth-order valence-corrected chi connectivity index (χ4v) is 4.02. The number of nitrogens with zero attached hydrogens (tertiary/aromatic N) is 3. The number of aromatic nitrogens is 3. The number of pyridine rings is 1. The molecule has 0 saturated carbocycles. The van der Waals surface area contributed by atoms with Gasteiger partial charge in [-0.1, -0.05) is 6.07 Å². The zero-order valence-corrected chi connectivity index (χ0v) is 14.8. The van der Waals surface area contributed by atoms with Gasteiger partial charge in [0, 0.05) is 29.6 Å². The summed E-state index contributed by atoms with van der Waals surface area (Å²) in [4.78, 5) is 15.7. The molecule has 4 rings (SSSR count). The molecule has 3 aromatic rings. The fraction of sp³-hybridized carbons (Fsp3) is 0.316. The second kappa shape index (κ2) is 7.72. The lowest BCUT2D eigenvalue weighted by Crippen LogP contribution is -2.28. The third kappa shape index (κ3) is 4.03.